The number of hydrogen-bond donors (Lipinski definition) is 0. The van der Waals surface area contributed by atoms with E-state index in [1.807, 2.05) is 30.5 Å². The number of aromatic nitrogens is 2. The Kier molecular flexibility index (Phi) is 3.82. The van der Waals surface area contributed by atoms with Crippen LogP contribution in [0, 0.1) is 0 Å². The molecular formula is C32H23N3O. The van der Waals surface area contributed by atoms with E-state index >= 15 is 0 Å². The van der Waals surface area contributed by atoms with Crippen LogP contribution in [0.3, 0.4) is 0 Å². The van der Waals surface area contributed by atoms with Crippen LogP contribution in [0.1, 0.15) is 18.1 Å². The average Bonchev–Trinajstić information content (AvgIpc) is 3.59. The van der Waals surface area contributed by atoms with Gasteiger partial charge in [-0.2, -0.15) is 0 Å². The van der Waals surface area contributed by atoms with E-state index in [0.29, 0.717) is 0 Å². The predicted octanol–water partition coefficient (Wildman–Crippen LogP) is 7.15. The van der Waals surface area contributed by atoms with Crippen LogP contribution in [-0.4, -0.2) is 21.0 Å². The molecule has 172 valence electrons. The van der Waals surface area contributed by atoms with E-state index in [9.17, 15) is 0 Å². The van der Waals surface area contributed by atoms with Gasteiger partial charge >= 0.3 is 0 Å². The lowest BCUT2D eigenvalue weighted by Crippen LogP contribution is -2.52. The van der Waals surface area contributed by atoms with Crippen LogP contribution < -0.4 is 9.64 Å². The van der Waals surface area contributed by atoms with Gasteiger partial charge in [0.2, 0.25) is 0 Å². The zero-order valence-corrected chi connectivity index (χ0v) is 19.8. The SMILES string of the molecule is CC12C(=CC=C3c4ccccc4OC31)c1ccccc1N2c1cccc(-c2cn3ccccc3n2)c1. The summed E-state index contributed by atoms with van der Waals surface area (Å²) in [5.74, 6) is 0.957. The minimum atomic E-state index is -0.398. The summed E-state index contributed by atoms with van der Waals surface area (Å²) in [4.78, 5) is 7.34. The number of ether oxygens (including phenoxy) is 1. The van der Waals surface area contributed by atoms with Gasteiger partial charge in [-0.05, 0) is 48.9 Å². The highest BCUT2D eigenvalue weighted by molar-refractivity contribution is 6.01. The molecule has 36 heavy (non-hydrogen) atoms. The number of hydrogen-bond acceptors (Lipinski definition) is 3. The molecule has 4 heteroatoms. The van der Waals surface area contributed by atoms with Crippen LogP contribution in [0.4, 0.5) is 11.4 Å². The normalized spacial score (nSPS) is 21.2. The third-order valence-corrected chi connectivity index (χ3v) is 7.87. The van der Waals surface area contributed by atoms with Gasteiger partial charge in [0.05, 0.1) is 5.69 Å². The highest BCUT2D eigenvalue weighted by atomic mass is 16.5. The summed E-state index contributed by atoms with van der Waals surface area (Å²) in [6.45, 7) is 2.32. The van der Waals surface area contributed by atoms with Gasteiger partial charge in [-0.3, -0.25) is 0 Å². The Bertz CT molecular complexity index is 1730. The van der Waals surface area contributed by atoms with Crippen molar-refractivity contribution in [3.63, 3.8) is 0 Å². The van der Waals surface area contributed by atoms with Crippen molar-refractivity contribution in [1.82, 2.24) is 9.38 Å². The molecule has 2 unspecified atom stereocenters. The maximum Gasteiger partial charge on any atom is 0.152 e. The Morgan fingerprint density at radius 3 is 2.58 bits per heavy atom. The summed E-state index contributed by atoms with van der Waals surface area (Å²) in [5.41, 5.74) is 9.91. The van der Waals surface area contributed by atoms with Crippen molar-refractivity contribution >= 4 is 28.2 Å². The van der Waals surface area contributed by atoms with E-state index in [1.54, 1.807) is 0 Å². The lowest BCUT2D eigenvalue weighted by molar-refractivity contribution is 0.219. The molecule has 0 radical (unpaired) electrons. The topological polar surface area (TPSA) is 29.8 Å². The minimum Gasteiger partial charge on any atom is -0.482 e. The molecule has 0 spiro atoms. The molecule has 0 bridgehead atoms. The Morgan fingerprint density at radius 1 is 0.833 bits per heavy atom. The molecule has 0 saturated carbocycles. The third kappa shape index (κ3) is 2.51. The largest absolute Gasteiger partial charge is 0.482 e. The number of anilines is 2. The second-order valence-electron chi connectivity index (χ2n) is 9.84. The van der Waals surface area contributed by atoms with Gasteiger partial charge in [-0.1, -0.05) is 66.7 Å². The van der Waals surface area contributed by atoms with E-state index < -0.39 is 5.54 Å². The second-order valence-corrected chi connectivity index (χ2v) is 9.84. The molecule has 4 nitrogen and oxygen atoms in total. The summed E-state index contributed by atoms with van der Waals surface area (Å²) >= 11 is 0. The number of para-hydroxylation sites is 2. The number of benzene rings is 3. The first kappa shape index (κ1) is 19.7. The molecule has 0 fully saturated rings. The number of nitrogens with zero attached hydrogens (tertiary/aromatic N) is 3. The summed E-state index contributed by atoms with van der Waals surface area (Å²) in [5, 5.41) is 0. The zero-order chi connectivity index (χ0) is 23.9. The highest BCUT2D eigenvalue weighted by Gasteiger charge is 2.56. The minimum absolute atomic E-state index is 0.110. The van der Waals surface area contributed by atoms with E-state index in [4.69, 9.17) is 9.72 Å². The Labute approximate surface area is 209 Å². The lowest BCUT2D eigenvalue weighted by Gasteiger charge is -2.43. The van der Waals surface area contributed by atoms with Crippen molar-refractivity contribution in [1.29, 1.82) is 0 Å². The molecule has 2 aromatic heterocycles. The summed E-state index contributed by atoms with van der Waals surface area (Å²) in [6.07, 6.45) is 8.57. The van der Waals surface area contributed by atoms with Gasteiger partial charge in [0.15, 0.2) is 6.10 Å². The fourth-order valence-electron chi connectivity index (χ4n) is 6.25. The fraction of sp³-hybridized carbons (Fsp3) is 0.0938. The number of pyridine rings is 1. The average molecular weight is 466 g/mol. The molecule has 3 aliphatic rings. The van der Waals surface area contributed by atoms with Crippen molar-refractivity contribution in [2.75, 3.05) is 4.90 Å². The van der Waals surface area contributed by atoms with Gasteiger partial charge in [0.25, 0.3) is 0 Å². The van der Waals surface area contributed by atoms with E-state index in [0.717, 1.165) is 28.3 Å². The molecule has 4 heterocycles. The van der Waals surface area contributed by atoms with Crippen molar-refractivity contribution in [2.24, 2.45) is 0 Å². The maximum absolute atomic E-state index is 6.70. The molecule has 0 saturated heterocycles. The van der Waals surface area contributed by atoms with Gasteiger partial charge in [0.1, 0.15) is 16.9 Å². The third-order valence-electron chi connectivity index (χ3n) is 7.87. The quantitative estimate of drug-likeness (QED) is 0.277. The molecule has 1 aliphatic carbocycles. The van der Waals surface area contributed by atoms with Crippen molar-refractivity contribution in [2.45, 2.75) is 18.6 Å². The zero-order valence-electron chi connectivity index (χ0n) is 19.8. The van der Waals surface area contributed by atoms with E-state index in [1.165, 1.54) is 28.0 Å². The molecule has 3 aromatic carbocycles. The summed E-state index contributed by atoms with van der Waals surface area (Å²) in [6, 6.07) is 31.9. The van der Waals surface area contributed by atoms with Crippen LogP contribution >= 0.6 is 0 Å². The highest BCUT2D eigenvalue weighted by Crippen LogP contribution is 2.58. The van der Waals surface area contributed by atoms with Crippen LogP contribution in [-0.2, 0) is 0 Å². The van der Waals surface area contributed by atoms with Crippen LogP contribution in [0.25, 0.3) is 28.1 Å². The van der Waals surface area contributed by atoms with Crippen molar-refractivity contribution < 1.29 is 4.74 Å². The van der Waals surface area contributed by atoms with Crippen LogP contribution in [0.15, 0.2) is 116 Å². The molecule has 5 aromatic rings. The molecule has 2 aliphatic heterocycles. The summed E-state index contributed by atoms with van der Waals surface area (Å²) in [7, 11) is 0. The lowest BCUT2D eigenvalue weighted by atomic mass is 9.76. The van der Waals surface area contributed by atoms with E-state index in [2.05, 4.69) is 101 Å². The predicted molar refractivity (Wildman–Crippen MR) is 144 cm³/mol. The number of allylic oxidation sites excluding steroid dienone is 2. The molecular weight excluding hydrogens is 442 g/mol. The van der Waals surface area contributed by atoms with Gasteiger partial charge < -0.3 is 14.0 Å². The van der Waals surface area contributed by atoms with Crippen LogP contribution in [0.5, 0.6) is 5.75 Å². The van der Waals surface area contributed by atoms with Gasteiger partial charge in [0, 0.05) is 46.0 Å². The standard InChI is InChI=1S/C32H23N3O/c1-32-26(17-16-24-23-11-3-5-14-29(23)36-31(24)32)25-12-2-4-13-28(25)35(32)22-10-8-9-21(19-22)27-20-34-18-7-6-15-30(34)33-27/h2-20,31H,1H3. The molecule has 0 N–H and O–H groups in total. The number of rotatable bonds is 2. The maximum atomic E-state index is 6.70. The smallest absolute Gasteiger partial charge is 0.152 e. The summed E-state index contributed by atoms with van der Waals surface area (Å²) < 4.78 is 8.77. The van der Waals surface area contributed by atoms with Crippen molar-refractivity contribution in [3.8, 4) is 17.0 Å². The molecule has 0 amide bonds. The number of imidazole rings is 1. The first-order chi connectivity index (χ1) is 17.7. The van der Waals surface area contributed by atoms with E-state index in [-0.39, 0.29) is 6.10 Å². The molecule has 2 atom stereocenters. The van der Waals surface area contributed by atoms with Crippen molar-refractivity contribution in [3.05, 3.63) is 127 Å². The van der Waals surface area contributed by atoms with Crippen LogP contribution in [0.2, 0.25) is 0 Å². The second kappa shape index (κ2) is 6.98. The monoisotopic (exact) mass is 465 g/mol. The Balaban J connectivity index is 1.31. The Morgan fingerprint density at radius 2 is 1.67 bits per heavy atom. The molecule has 8 rings (SSSR count). The first-order valence-electron chi connectivity index (χ1n) is 12.3. The number of fused-ring (bicyclic) bond motifs is 8. The van der Waals surface area contributed by atoms with Gasteiger partial charge in [-0.25, -0.2) is 4.98 Å². The Hall–Kier alpha value is -4.57. The fourth-order valence-corrected chi connectivity index (χ4v) is 6.25. The first-order valence-corrected chi connectivity index (χ1v) is 12.3. The van der Waals surface area contributed by atoms with Gasteiger partial charge in [-0.15, -0.1) is 0 Å².